The van der Waals surface area contributed by atoms with Gasteiger partial charge in [-0.2, -0.15) is 4.80 Å². The largest absolute Gasteiger partial charge is 0.467 e. The number of rotatable bonds is 8. The van der Waals surface area contributed by atoms with Crippen LogP contribution < -0.4 is 10.2 Å². The first kappa shape index (κ1) is 24.5. The van der Waals surface area contributed by atoms with Gasteiger partial charge in [0.15, 0.2) is 11.8 Å². The third-order valence-corrected chi connectivity index (χ3v) is 6.59. The van der Waals surface area contributed by atoms with Crippen molar-refractivity contribution in [3.8, 4) is 11.6 Å². The lowest BCUT2D eigenvalue weighted by molar-refractivity contribution is -0.128. The van der Waals surface area contributed by atoms with Crippen LogP contribution in [0.2, 0.25) is 0 Å². The van der Waals surface area contributed by atoms with Gasteiger partial charge in [-0.25, -0.2) is 0 Å². The van der Waals surface area contributed by atoms with Gasteiger partial charge in [-0.1, -0.05) is 30.5 Å². The summed E-state index contributed by atoms with van der Waals surface area (Å²) in [5, 5.41) is 15.5. The van der Waals surface area contributed by atoms with Gasteiger partial charge in [0.05, 0.1) is 6.26 Å². The number of benzene rings is 1. The van der Waals surface area contributed by atoms with Crippen LogP contribution in [0.4, 0.5) is 5.69 Å². The Labute approximate surface area is 214 Å². The molecule has 1 atom stereocenters. The first-order chi connectivity index (χ1) is 17.9. The number of hydrogen-bond donors (Lipinski definition) is 1. The average Bonchev–Trinajstić information content (AvgIpc) is 3.66. The molecule has 0 radical (unpaired) electrons. The van der Waals surface area contributed by atoms with E-state index in [-0.39, 0.29) is 30.2 Å². The number of carbonyl (C=O) groups excluding carboxylic acids is 2. The summed E-state index contributed by atoms with van der Waals surface area (Å²) in [7, 11) is 0. The van der Waals surface area contributed by atoms with E-state index in [1.165, 1.54) is 16.0 Å². The van der Waals surface area contributed by atoms with Gasteiger partial charge >= 0.3 is 0 Å². The standard InChI is InChI=1S/C27H30N6O4/c1-17-10-12-21(18(2)15-17)33(24(34)16-32-30-26(29-31-32)23-13-11-19(3)37-23)25(22-9-6-14-36-22)27(35)28-20-7-4-5-8-20/h6,9-15,20,25H,4-5,7-8,16H2,1-3H3,(H,28,35)/t25-/m0/s1. The predicted molar refractivity (Wildman–Crippen MR) is 136 cm³/mol. The Morgan fingerprint density at radius 2 is 1.95 bits per heavy atom. The number of nitrogens with zero attached hydrogens (tertiary/aromatic N) is 5. The maximum atomic E-state index is 13.9. The lowest BCUT2D eigenvalue weighted by Crippen LogP contribution is -2.47. The van der Waals surface area contributed by atoms with E-state index >= 15 is 0 Å². The van der Waals surface area contributed by atoms with E-state index in [4.69, 9.17) is 8.83 Å². The van der Waals surface area contributed by atoms with Crippen LogP contribution in [0, 0.1) is 20.8 Å². The van der Waals surface area contributed by atoms with Crippen LogP contribution in [-0.2, 0) is 16.1 Å². The molecule has 3 aromatic heterocycles. The fourth-order valence-electron chi connectivity index (χ4n) is 4.82. The summed E-state index contributed by atoms with van der Waals surface area (Å²) in [6.45, 7) is 5.50. The molecule has 0 bridgehead atoms. The van der Waals surface area contributed by atoms with Gasteiger partial charge in [-0.05, 0) is 74.7 Å². The maximum Gasteiger partial charge on any atom is 0.251 e. The van der Waals surface area contributed by atoms with Crippen LogP contribution in [0.3, 0.4) is 0 Å². The fraction of sp³-hybridized carbons (Fsp3) is 0.370. The molecule has 0 saturated heterocycles. The van der Waals surface area contributed by atoms with Crippen LogP contribution in [0.1, 0.15) is 54.4 Å². The van der Waals surface area contributed by atoms with Gasteiger partial charge < -0.3 is 14.2 Å². The van der Waals surface area contributed by atoms with Crippen molar-refractivity contribution in [2.75, 3.05) is 4.90 Å². The molecule has 1 aliphatic rings. The molecule has 192 valence electrons. The number of furan rings is 2. The zero-order valence-corrected chi connectivity index (χ0v) is 21.2. The summed E-state index contributed by atoms with van der Waals surface area (Å²) in [6.07, 6.45) is 5.50. The van der Waals surface area contributed by atoms with Gasteiger partial charge in [0.1, 0.15) is 18.1 Å². The van der Waals surface area contributed by atoms with E-state index in [1.54, 1.807) is 24.3 Å². The second kappa shape index (κ2) is 10.4. The lowest BCUT2D eigenvalue weighted by atomic mass is 10.0. The summed E-state index contributed by atoms with van der Waals surface area (Å²) in [4.78, 5) is 30.3. The Kier molecular flexibility index (Phi) is 6.89. The smallest absolute Gasteiger partial charge is 0.251 e. The molecule has 37 heavy (non-hydrogen) atoms. The van der Waals surface area contributed by atoms with Gasteiger partial charge in [0.25, 0.3) is 11.8 Å². The highest BCUT2D eigenvalue weighted by Crippen LogP contribution is 2.32. The van der Waals surface area contributed by atoms with E-state index in [2.05, 4.69) is 20.7 Å². The molecule has 1 saturated carbocycles. The van der Waals surface area contributed by atoms with Gasteiger partial charge in [0.2, 0.25) is 5.82 Å². The molecule has 1 aromatic carbocycles. The van der Waals surface area contributed by atoms with Crippen molar-refractivity contribution in [1.82, 2.24) is 25.5 Å². The summed E-state index contributed by atoms with van der Waals surface area (Å²) in [6, 6.07) is 11.8. The van der Waals surface area contributed by atoms with Crippen LogP contribution >= 0.6 is 0 Å². The summed E-state index contributed by atoms with van der Waals surface area (Å²) in [5.41, 5.74) is 2.52. The number of hydrogen-bond acceptors (Lipinski definition) is 7. The van der Waals surface area contributed by atoms with E-state index < -0.39 is 6.04 Å². The molecule has 1 N–H and O–H groups in total. The zero-order chi connectivity index (χ0) is 25.9. The van der Waals surface area contributed by atoms with E-state index in [0.29, 0.717) is 17.2 Å². The van der Waals surface area contributed by atoms with E-state index in [1.807, 2.05) is 39.0 Å². The lowest BCUT2D eigenvalue weighted by Gasteiger charge is -2.31. The number of aromatic nitrogens is 4. The molecule has 10 heteroatoms. The SMILES string of the molecule is Cc1ccc(N(C(=O)Cn2nnc(-c3ccc(C)o3)n2)[C@H](C(=O)NC2CCCC2)c2ccco2)c(C)c1. The normalized spacial score (nSPS) is 14.6. The Balaban J connectivity index is 1.50. The van der Waals surface area contributed by atoms with Crippen molar-refractivity contribution < 1.29 is 18.4 Å². The highest BCUT2D eigenvalue weighted by atomic mass is 16.3. The number of aryl methyl sites for hydroxylation is 3. The van der Waals surface area contributed by atoms with E-state index in [9.17, 15) is 9.59 Å². The number of amides is 2. The van der Waals surface area contributed by atoms with Crippen LogP contribution in [0.15, 0.2) is 57.6 Å². The monoisotopic (exact) mass is 502 g/mol. The van der Waals surface area contributed by atoms with Crippen LogP contribution in [-0.4, -0.2) is 38.1 Å². The Hall–Kier alpha value is -4.21. The van der Waals surface area contributed by atoms with Gasteiger partial charge in [0, 0.05) is 11.7 Å². The van der Waals surface area contributed by atoms with Gasteiger partial charge in [-0.3, -0.25) is 14.5 Å². The Morgan fingerprint density at radius 1 is 1.14 bits per heavy atom. The average molecular weight is 503 g/mol. The zero-order valence-electron chi connectivity index (χ0n) is 21.2. The first-order valence-electron chi connectivity index (χ1n) is 12.5. The van der Waals surface area contributed by atoms with Crippen molar-refractivity contribution in [2.24, 2.45) is 0 Å². The quantitative estimate of drug-likeness (QED) is 0.382. The third-order valence-electron chi connectivity index (χ3n) is 6.59. The molecular weight excluding hydrogens is 472 g/mol. The molecule has 1 aliphatic carbocycles. The van der Waals surface area contributed by atoms with Crippen molar-refractivity contribution in [3.05, 3.63) is 71.4 Å². The highest BCUT2D eigenvalue weighted by Gasteiger charge is 2.37. The van der Waals surface area contributed by atoms with Gasteiger partial charge in [-0.15, -0.1) is 10.2 Å². The Bertz CT molecular complexity index is 1380. The van der Waals surface area contributed by atoms with Crippen molar-refractivity contribution in [1.29, 1.82) is 0 Å². The molecule has 4 aromatic rings. The molecule has 0 spiro atoms. The van der Waals surface area contributed by atoms with Crippen molar-refractivity contribution in [3.63, 3.8) is 0 Å². The summed E-state index contributed by atoms with van der Waals surface area (Å²) < 4.78 is 11.3. The Morgan fingerprint density at radius 3 is 2.62 bits per heavy atom. The summed E-state index contributed by atoms with van der Waals surface area (Å²) >= 11 is 0. The predicted octanol–water partition coefficient (Wildman–Crippen LogP) is 4.28. The maximum absolute atomic E-state index is 13.9. The van der Waals surface area contributed by atoms with E-state index in [0.717, 1.165) is 42.6 Å². The summed E-state index contributed by atoms with van der Waals surface area (Å²) in [5.74, 6) is 1.18. The minimum atomic E-state index is -1.000. The van der Waals surface area contributed by atoms with Crippen LogP contribution in [0.5, 0.6) is 0 Å². The molecule has 0 aliphatic heterocycles. The van der Waals surface area contributed by atoms with Crippen molar-refractivity contribution in [2.45, 2.75) is 65.1 Å². The fourth-order valence-corrected chi connectivity index (χ4v) is 4.82. The molecule has 3 heterocycles. The second-order valence-electron chi connectivity index (χ2n) is 9.52. The minimum Gasteiger partial charge on any atom is -0.467 e. The molecule has 2 amide bonds. The van der Waals surface area contributed by atoms with Crippen LogP contribution in [0.25, 0.3) is 11.6 Å². The minimum absolute atomic E-state index is 0.0809. The topological polar surface area (TPSA) is 119 Å². The molecule has 10 nitrogen and oxygen atoms in total. The first-order valence-corrected chi connectivity index (χ1v) is 12.5. The highest BCUT2D eigenvalue weighted by molar-refractivity contribution is 6.01. The number of nitrogens with one attached hydrogen (secondary N) is 1. The number of carbonyl (C=O) groups is 2. The second-order valence-corrected chi connectivity index (χ2v) is 9.52. The number of anilines is 1. The third kappa shape index (κ3) is 5.32. The molecule has 5 rings (SSSR count). The number of tetrazole rings is 1. The molecule has 0 unspecified atom stereocenters. The molecular formula is C27H30N6O4. The molecule has 1 fully saturated rings. The van der Waals surface area contributed by atoms with Crippen molar-refractivity contribution >= 4 is 17.5 Å².